The van der Waals surface area contributed by atoms with Crippen molar-refractivity contribution in [3.63, 3.8) is 0 Å². The molecule has 178 valence electrons. The van der Waals surface area contributed by atoms with Crippen LogP contribution in [0.4, 0.5) is 0 Å². The lowest BCUT2D eigenvalue weighted by Gasteiger charge is -2.06. The Hall–Kier alpha value is -1.14. The van der Waals surface area contributed by atoms with Gasteiger partial charge in [0.2, 0.25) is 0 Å². The molecule has 0 saturated heterocycles. The first-order chi connectivity index (χ1) is 14.7. The van der Waals surface area contributed by atoms with E-state index >= 15 is 0 Å². The second kappa shape index (κ2) is 24.1. The van der Waals surface area contributed by atoms with E-state index in [1.165, 1.54) is 83.5 Å². The summed E-state index contributed by atoms with van der Waals surface area (Å²) in [7, 11) is 0. The summed E-state index contributed by atoms with van der Waals surface area (Å²) in [5, 5.41) is 8.40. The summed E-state index contributed by atoms with van der Waals surface area (Å²) < 4.78 is 15.1. The number of hydrogen-bond acceptors (Lipinski definition) is 5. The van der Waals surface area contributed by atoms with Crippen molar-refractivity contribution in [2.75, 3.05) is 33.0 Å². The third kappa shape index (κ3) is 24.9. The monoisotopic (exact) mass is 430 g/mol. The Kier molecular flexibility index (Phi) is 23.2. The highest BCUT2D eigenvalue weighted by atomic mass is 16.6. The van der Waals surface area contributed by atoms with Gasteiger partial charge in [-0.2, -0.15) is 0 Å². The molecule has 0 aromatic rings. The molecule has 0 fully saturated rings. The maximum absolute atomic E-state index is 11.6. The number of carboxylic acid groups (broad SMARTS) is 1. The highest BCUT2D eigenvalue weighted by Gasteiger charge is 2.03. The summed E-state index contributed by atoms with van der Waals surface area (Å²) in [4.78, 5) is 21.9. The Balaban J connectivity index is 3.15. The van der Waals surface area contributed by atoms with Crippen LogP contribution in [-0.4, -0.2) is 50.1 Å². The van der Waals surface area contributed by atoms with Crippen LogP contribution in [0, 0.1) is 0 Å². The van der Waals surface area contributed by atoms with E-state index in [1.807, 2.05) is 0 Å². The van der Waals surface area contributed by atoms with Crippen molar-refractivity contribution in [3.8, 4) is 0 Å². The lowest BCUT2D eigenvalue weighted by Crippen LogP contribution is -2.14. The van der Waals surface area contributed by atoms with Crippen molar-refractivity contribution in [1.29, 1.82) is 0 Å². The lowest BCUT2D eigenvalue weighted by molar-refractivity contribution is -0.146. The fourth-order valence-corrected chi connectivity index (χ4v) is 3.31. The van der Waals surface area contributed by atoms with Gasteiger partial charge in [-0.3, -0.25) is 4.79 Å². The maximum atomic E-state index is 11.6. The summed E-state index contributed by atoms with van der Waals surface area (Å²) in [5.74, 6) is -1.17. The molecule has 0 aliphatic rings. The standard InChI is InChI=1S/C24H46O6/c1-2-3-4-5-6-7-8-9-10-11-12-13-14-15-16-17-24(27)30-21-20-28-18-19-29-22-23(25)26/h2-22H2,1H3,(H,25,26). The van der Waals surface area contributed by atoms with Gasteiger partial charge in [0, 0.05) is 6.42 Å². The summed E-state index contributed by atoms with van der Waals surface area (Å²) in [6.07, 6.45) is 20.1. The number of carbonyl (C=O) groups excluding carboxylic acids is 1. The molecule has 0 rings (SSSR count). The number of hydrogen-bond donors (Lipinski definition) is 1. The van der Waals surface area contributed by atoms with E-state index in [0.717, 1.165) is 12.8 Å². The second-order valence-electron chi connectivity index (χ2n) is 7.98. The van der Waals surface area contributed by atoms with Crippen LogP contribution in [0.2, 0.25) is 0 Å². The molecule has 0 aromatic heterocycles. The van der Waals surface area contributed by atoms with Crippen molar-refractivity contribution in [2.45, 2.75) is 110 Å². The van der Waals surface area contributed by atoms with Crippen molar-refractivity contribution in [3.05, 3.63) is 0 Å². The maximum Gasteiger partial charge on any atom is 0.329 e. The van der Waals surface area contributed by atoms with Crippen LogP contribution in [0.1, 0.15) is 110 Å². The Labute approximate surface area is 184 Å². The van der Waals surface area contributed by atoms with Crippen LogP contribution in [0.25, 0.3) is 0 Å². The van der Waals surface area contributed by atoms with Crippen LogP contribution in [0.5, 0.6) is 0 Å². The van der Waals surface area contributed by atoms with Gasteiger partial charge in [0.15, 0.2) is 0 Å². The molecular weight excluding hydrogens is 384 g/mol. The summed E-state index contributed by atoms with van der Waals surface area (Å²) >= 11 is 0. The van der Waals surface area contributed by atoms with Gasteiger partial charge in [-0.1, -0.05) is 96.8 Å². The van der Waals surface area contributed by atoms with Crippen LogP contribution in [-0.2, 0) is 23.8 Å². The molecule has 6 heteroatoms. The highest BCUT2D eigenvalue weighted by molar-refractivity contribution is 5.69. The van der Waals surface area contributed by atoms with Crippen LogP contribution in [0.3, 0.4) is 0 Å². The molecule has 0 heterocycles. The van der Waals surface area contributed by atoms with Gasteiger partial charge >= 0.3 is 11.9 Å². The van der Waals surface area contributed by atoms with E-state index in [9.17, 15) is 9.59 Å². The number of carboxylic acids is 1. The van der Waals surface area contributed by atoms with E-state index in [0.29, 0.717) is 19.6 Å². The van der Waals surface area contributed by atoms with Crippen LogP contribution >= 0.6 is 0 Å². The summed E-state index contributed by atoms with van der Waals surface area (Å²) in [6, 6.07) is 0. The number of ether oxygens (including phenoxy) is 3. The smallest absolute Gasteiger partial charge is 0.329 e. The first-order valence-electron chi connectivity index (χ1n) is 12.2. The molecule has 0 bridgehead atoms. The van der Waals surface area contributed by atoms with Gasteiger partial charge < -0.3 is 19.3 Å². The van der Waals surface area contributed by atoms with Crippen LogP contribution in [0.15, 0.2) is 0 Å². The van der Waals surface area contributed by atoms with E-state index < -0.39 is 5.97 Å². The molecule has 6 nitrogen and oxygen atoms in total. The summed E-state index contributed by atoms with van der Waals surface area (Å²) in [5.41, 5.74) is 0. The minimum Gasteiger partial charge on any atom is -0.480 e. The average molecular weight is 431 g/mol. The van der Waals surface area contributed by atoms with Gasteiger partial charge in [-0.05, 0) is 6.42 Å². The van der Waals surface area contributed by atoms with Gasteiger partial charge in [0.05, 0.1) is 19.8 Å². The van der Waals surface area contributed by atoms with Crippen LogP contribution < -0.4 is 0 Å². The number of aliphatic carboxylic acids is 1. The van der Waals surface area contributed by atoms with E-state index in [4.69, 9.17) is 19.3 Å². The quantitative estimate of drug-likeness (QED) is 0.151. The SMILES string of the molecule is CCCCCCCCCCCCCCCCCC(=O)OCCOCCOCC(=O)O. The van der Waals surface area contributed by atoms with Gasteiger partial charge in [-0.25, -0.2) is 4.79 Å². The zero-order valence-corrected chi connectivity index (χ0v) is 19.3. The number of carbonyl (C=O) groups is 2. The summed E-state index contributed by atoms with van der Waals surface area (Å²) in [6.45, 7) is 3.00. The highest BCUT2D eigenvalue weighted by Crippen LogP contribution is 2.13. The molecule has 0 aromatic carbocycles. The molecule has 0 saturated carbocycles. The zero-order valence-electron chi connectivity index (χ0n) is 19.3. The van der Waals surface area contributed by atoms with Gasteiger partial charge in [0.1, 0.15) is 13.2 Å². The molecule has 0 amide bonds. The Morgan fingerprint density at radius 1 is 0.600 bits per heavy atom. The molecule has 0 spiro atoms. The number of unbranched alkanes of at least 4 members (excludes halogenated alkanes) is 14. The Morgan fingerprint density at radius 3 is 1.53 bits per heavy atom. The molecule has 30 heavy (non-hydrogen) atoms. The normalized spacial score (nSPS) is 11.0. The van der Waals surface area contributed by atoms with Gasteiger partial charge in [-0.15, -0.1) is 0 Å². The van der Waals surface area contributed by atoms with Gasteiger partial charge in [0.25, 0.3) is 0 Å². The fraction of sp³-hybridized carbons (Fsp3) is 0.917. The first kappa shape index (κ1) is 28.9. The molecule has 0 radical (unpaired) electrons. The Bertz CT molecular complexity index is 386. The molecule has 0 aliphatic carbocycles. The number of esters is 1. The van der Waals surface area contributed by atoms with Crippen molar-refractivity contribution >= 4 is 11.9 Å². The Morgan fingerprint density at radius 2 is 1.03 bits per heavy atom. The zero-order chi connectivity index (χ0) is 22.1. The second-order valence-corrected chi connectivity index (χ2v) is 7.98. The average Bonchev–Trinajstić information content (AvgIpc) is 2.72. The molecule has 1 N–H and O–H groups in total. The van der Waals surface area contributed by atoms with Crippen molar-refractivity contribution in [2.24, 2.45) is 0 Å². The van der Waals surface area contributed by atoms with E-state index in [2.05, 4.69) is 6.92 Å². The first-order valence-corrected chi connectivity index (χ1v) is 12.2. The fourth-order valence-electron chi connectivity index (χ4n) is 3.31. The third-order valence-electron chi connectivity index (χ3n) is 5.07. The topological polar surface area (TPSA) is 82.1 Å². The van der Waals surface area contributed by atoms with E-state index in [1.54, 1.807) is 0 Å². The third-order valence-corrected chi connectivity index (χ3v) is 5.07. The molecular formula is C24H46O6. The molecule has 0 atom stereocenters. The van der Waals surface area contributed by atoms with E-state index in [-0.39, 0.29) is 25.8 Å². The van der Waals surface area contributed by atoms with Crippen molar-refractivity contribution in [1.82, 2.24) is 0 Å². The minimum absolute atomic E-state index is 0.171. The molecule has 0 aliphatic heterocycles. The van der Waals surface area contributed by atoms with Crippen molar-refractivity contribution < 1.29 is 28.9 Å². The predicted molar refractivity (Wildman–Crippen MR) is 120 cm³/mol. The largest absolute Gasteiger partial charge is 0.480 e. The predicted octanol–water partition coefficient (Wildman–Crippen LogP) is 5.91. The lowest BCUT2D eigenvalue weighted by atomic mass is 10.0. The molecule has 0 unspecified atom stereocenters. The number of rotatable bonds is 24. The minimum atomic E-state index is -0.997.